The maximum atomic E-state index is 10.9. The van der Waals surface area contributed by atoms with Crippen molar-refractivity contribution in [1.82, 2.24) is 9.55 Å². The van der Waals surface area contributed by atoms with E-state index in [9.17, 15) is 9.59 Å². The quantitative estimate of drug-likeness (QED) is 0.706. The molecular formula is C5H6BrN2O2P. The third-order valence-electron chi connectivity index (χ3n) is 1.16. The van der Waals surface area contributed by atoms with Gasteiger partial charge in [-0.1, -0.05) is 0 Å². The van der Waals surface area contributed by atoms with E-state index < -0.39 is 11.2 Å². The summed E-state index contributed by atoms with van der Waals surface area (Å²) >= 11 is 3.01. The Bertz CT molecular complexity index is 369. The van der Waals surface area contributed by atoms with Crippen LogP contribution in [0.4, 0.5) is 0 Å². The molecule has 60 valence electrons. The monoisotopic (exact) mass is 236 g/mol. The van der Waals surface area contributed by atoms with Gasteiger partial charge in [-0.25, -0.2) is 4.79 Å². The number of aromatic nitrogens is 2. The molecule has 0 saturated heterocycles. The lowest BCUT2D eigenvalue weighted by Crippen LogP contribution is -2.28. The van der Waals surface area contributed by atoms with Crippen LogP contribution < -0.4 is 11.2 Å². The second-order valence-electron chi connectivity index (χ2n) is 1.89. The summed E-state index contributed by atoms with van der Waals surface area (Å²) in [5.74, 6) is 0. The fraction of sp³-hybridized carbons (Fsp3) is 0.200. The lowest BCUT2D eigenvalue weighted by Gasteiger charge is -1.98. The zero-order valence-electron chi connectivity index (χ0n) is 5.50. The number of H-pyrrole nitrogens is 1. The molecule has 0 bridgehead atoms. The lowest BCUT2D eigenvalue weighted by molar-refractivity contribution is 0.778. The van der Waals surface area contributed by atoms with Gasteiger partial charge in [-0.05, 0) is 15.9 Å². The number of aromatic amines is 1. The number of nitrogens with zero attached hydrogens (tertiary/aromatic N) is 1. The van der Waals surface area contributed by atoms with E-state index in [4.69, 9.17) is 0 Å². The Morgan fingerprint density at radius 1 is 1.64 bits per heavy atom. The Labute approximate surface area is 73.0 Å². The van der Waals surface area contributed by atoms with Gasteiger partial charge in [0.2, 0.25) is 0 Å². The highest BCUT2D eigenvalue weighted by atomic mass is 79.9. The Balaban J connectivity index is 3.45. The van der Waals surface area contributed by atoms with Crippen LogP contribution in [0.1, 0.15) is 0 Å². The van der Waals surface area contributed by atoms with Crippen LogP contribution in [0.2, 0.25) is 0 Å². The normalized spacial score (nSPS) is 10.0. The predicted octanol–water partition coefficient (Wildman–Crippen LogP) is 0.132. The zero-order chi connectivity index (χ0) is 8.43. The van der Waals surface area contributed by atoms with Gasteiger partial charge in [-0.2, -0.15) is 0 Å². The van der Waals surface area contributed by atoms with Gasteiger partial charge in [0, 0.05) is 12.5 Å². The smallest absolute Gasteiger partial charge is 0.296 e. The highest BCUT2D eigenvalue weighted by Gasteiger charge is 1.98. The van der Waals surface area contributed by atoms with Crippen molar-refractivity contribution in [2.75, 3.05) is 0 Å². The van der Waals surface area contributed by atoms with Gasteiger partial charge in [0.25, 0.3) is 5.56 Å². The first kappa shape index (κ1) is 8.68. The summed E-state index contributed by atoms with van der Waals surface area (Å²) in [6.45, 7) is 0. The summed E-state index contributed by atoms with van der Waals surface area (Å²) in [6, 6.07) is 0. The molecule has 0 aliphatic rings. The fourth-order valence-electron chi connectivity index (χ4n) is 0.618. The number of hydrogen-bond acceptors (Lipinski definition) is 2. The Morgan fingerprint density at radius 2 is 2.27 bits per heavy atom. The van der Waals surface area contributed by atoms with E-state index in [1.807, 2.05) is 0 Å². The molecule has 4 nitrogen and oxygen atoms in total. The third-order valence-corrected chi connectivity index (χ3v) is 2.12. The number of rotatable bonds is 1. The predicted molar refractivity (Wildman–Crippen MR) is 48.7 cm³/mol. The van der Waals surface area contributed by atoms with Crippen molar-refractivity contribution < 1.29 is 0 Å². The standard InChI is InChI=1S/C5H6BrN2O2P/c6-3-1-8(2-11)5(10)7-4(3)9/h1H,2,11H2,(H,7,9,10). The summed E-state index contributed by atoms with van der Waals surface area (Å²) in [7, 11) is 2.39. The molecule has 1 aromatic heterocycles. The second-order valence-corrected chi connectivity index (χ2v) is 3.11. The number of nitrogens with one attached hydrogen (secondary N) is 1. The fourth-order valence-corrected chi connectivity index (χ4v) is 1.24. The van der Waals surface area contributed by atoms with Crippen LogP contribution in [-0.4, -0.2) is 9.55 Å². The molecule has 0 aliphatic heterocycles. The van der Waals surface area contributed by atoms with E-state index >= 15 is 0 Å². The molecule has 0 spiro atoms. The first-order valence-electron chi connectivity index (χ1n) is 2.84. The van der Waals surface area contributed by atoms with Crippen LogP contribution in [0, 0.1) is 0 Å². The summed E-state index contributed by atoms with van der Waals surface area (Å²) in [5.41, 5.74) is -0.794. The molecule has 0 radical (unpaired) electrons. The van der Waals surface area contributed by atoms with Gasteiger partial charge in [-0.15, -0.1) is 9.24 Å². The number of halogens is 1. The summed E-state index contributed by atoms with van der Waals surface area (Å²) in [6.07, 6.45) is 1.92. The minimum Gasteiger partial charge on any atom is -0.296 e. The molecule has 11 heavy (non-hydrogen) atoms. The summed E-state index contributed by atoms with van der Waals surface area (Å²) in [5, 5.41) is 0. The third kappa shape index (κ3) is 1.79. The average Bonchev–Trinajstić information content (AvgIpc) is 1.97. The highest BCUT2D eigenvalue weighted by Crippen LogP contribution is 1.98. The molecule has 0 amide bonds. The molecule has 1 heterocycles. The van der Waals surface area contributed by atoms with Gasteiger partial charge in [0.15, 0.2) is 0 Å². The van der Waals surface area contributed by atoms with Crippen molar-refractivity contribution in [1.29, 1.82) is 0 Å². The molecule has 6 heteroatoms. The molecule has 1 aromatic rings. The summed E-state index contributed by atoms with van der Waals surface area (Å²) < 4.78 is 1.73. The molecule has 1 N–H and O–H groups in total. The molecule has 0 aromatic carbocycles. The van der Waals surface area contributed by atoms with E-state index in [0.29, 0.717) is 10.8 Å². The van der Waals surface area contributed by atoms with E-state index in [1.54, 1.807) is 0 Å². The average molecular weight is 237 g/mol. The number of hydrogen-bond donors (Lipinski definition) is 1. The van der Waals surface area contributed by atoms with Crippen LogP contribution in [-0.2, 0) is 6.29 Å². The lowest BCUT2D eigenvalue weighted by atomic mass is 10.6. The van der Waals surface area contributed by atoms with Crippen LogP contribution >= 0.6 is 25.2 Å². The van der Waals surface area contributed by atoms with Gasteiger partial charge in [-0.3, -0.25) is 14.3 Å². The highest BCUT2D eigenvalue weighted by molar-refractivity contribution is 9.10. The Kier molecular flexibility index (Phi) is 2.62. The van der Waals surface area contributed by atoms with Gasteiger partial charge < -0.3 is 0 Å². The van der Waals surface area contributed by atoms with Crippen molar-refractivity contribution in [2.24, 2.45) is 0 Å². The van der Waals surface area contributed by atoms with Crippen molar-refractivity contribution in [3.05, 3.63) is 31.5 Å². The molecule has 1 atom stereocenters. The second kappa shape index (κ2) is 3.32. The largest absolute Gasteiger partial charge is 0.328 e. The van der Waals surface area contributed by atoms with Crippen LogP contribution in [0.15, 0.2) is 20.3 Å². The van der Waals surface area contributed by atoms with Gasteiger partial charge >= 0.3 is 5.69 Å². The van der Waals surface area contributed by atoms with Crippen LogP contribution in [0.3, 0.4) is 0 Å². The topological polar surface area (TPSA) is 54.9 Å². The Morgan fingerprint density at radius 3 is 2.82 bits per heavy atom. The van der Waals surface area contributed by atoms with Crippen LogP contribution in [0.5, 0.6) is 0 Å². The van der Waals surface area contributed by atoms with E-state index in [-0.39, 0.29) is 0 Å². The molecular weight excluding hydrogens is 231 g/mol. The van der Waals surface area contributed by atoms with E-state index in [1.165, 1.54) is 10.8 Å². The molecule has 0 fully saturated rings. The van der Waals surface area contributed by atoms with E-state index in [0.717, 1.165) is 0 Å². The maximum Gasteiger partial charge on any atom is 0.328 e. The van der Waals surface area contributed by atoms with Crippen molar-refractivity contribution in [3.8, 4) is 0 Å². The Hall–Kier alpha value is -0.410. The SMILES string of the molecule is O=c1[nH]c(=O)n(CP)cc1Br. The van der Waals surface area contributed by atoms with Crippen molar-refractivity contribution in [3.63, 3.8) is 0 Å². The van der Waals surface area contributed by atoms with Crippen molar-refractivity contribution >= 4 is 25.2 Å². The molecule has 0 aliphatic carbocycles. The minimum atomic E-state index is -0.398. The maximum absolute atomic E-state index is 10.9. The van der Waals surface area contributed by atoms with Crippen LogP contribution in [0.25, 0.3) is 0 Å². The molecule has 1 rings (SSSR count). The minimum absolute atomic E-state index is 0.361. The molecule has 1 unspecified atom stereocenters. The van der Waals surface area contributed by atoms with Crippen molar-refractivity contribution in [2.45, 2.75) is 6.29 Å². The van der Waals surface area contributed by atoms with E-state index in [2.05, 4.69) is 30.2 Å². The first-order valence-corrected chi connectivity index (χ1v) is 4.45. The summed E-state index contributed by atoms with van der Waals surface area (Å²) in [4.78, 5) is 23.8. The zero-order valence-corrected chi connectivity index (χ0v) is 8.24. The molecule has 0 saturated carbocycles. The van der Waals surface area contributed by atoms with Gasteiger partial charge in [0.1, 0.15) is 0 Å². The first-order chi connectivity index (χ1) is 5.15. The van der Waals surface area contributed by atoms with Gasteiger partial charge in [0.05, 0.1) is 4.47 Å².